The lowest BCUT2D eigenvalue weighted by atomic mass is 10.1. The summed E-state index contributed by atoms with van der Waals surface area (Å²) in [4.78, 5) is 27.8. The van der Waals surface area contributed by atoms with Gasteiger partial charge in [0.2, 0.25) is 5.28 Å². The fourth-order valence-electron chi connectivity index (χ4n) is 3.83. The van der Waals surface area contributed by atoms with Gasteiger partial charge in [-0.1, -0.05) is 36.8 Å². The van der Waals surface area contributed by atoms with Crippen LogP contribution in [0.15, 0.2) is 64.8 Å². The number of nitrogens with one attached hydrogen (secondary N) is 1. The molecule has 4 rings (SSSR count). The van der Waals surface area contributed by atoms with E-state index in [2.05, 4.69) is 20.0 Å². The van der Waals surface area contributed by atoms with Crippen LogP contribution in [0.5, 0.6) is 0 Å². The van der Waals surface area contributed by atoms with Crippen molar-refractivity contribution < 1.29 is 45.7 Å². The number of hydrazine groups is 1. The zero-order valence-corrected chi connectivity index (χ0v) is 23.1. The second kappa shape index (κ2) is 12.1. The van der Waals surface area contributed by atoms with Crippen molar-refractivity contribution in [1.29, 1.82) is 0 Å². The van der Waals surface area contributed by atoms with Crippen molar-refractivity contribution >= 4 is 21.9 Å². The average molecular weight is 611 g/mol. The highest BCUT2D eigenvalue weighted by atomic mass is 32.2. The number of carbonyl (C=O) groups is 2. The molecule has 0 saturated carbocycles. The van der Waals surface area contributed by atoms with Crippen LogP contribution in [0.2, 0.25) is 0 Å². The molecule has 3 aromatic rings. The number of aryl methyl sites for hydroxylation is 1. The van der Waals surface area contributed by atoms with Crippen molar-refractivity contribution in [3.05, 3.63) is 71.1 Å². The summed E-state index contributed by atoms with van der Waals surface area (Å²) in [5.74, 6) is -1.59. The summed E-state index contributed by atoms with van der Waals surface area (Å²) < 4.78 is 73.6. The van der Waals surface area contributed by atoms with E-state index in [1.807, 2.05) is 11.6 Å². The Morgan fingerprint density at radius 1 is 1.17 bits per heavy atom. The van der Waals surface area contributed by atoms with Gasteiger partial charge in [0.05, 0.1) is 27.8 Å². The first-order valence-electron chi connectivity index (χ1n) is 12.4. The second-order valence-electron chi connectivity index (χ2n) is 9.07. The van der Waals surface area contributed by atoms with Gasteiger partial charge in [-0.2, -0.15) is 18.3 Å². The first-order chi connectivity index (χ1) is 19.8. The number of ether oxygens (including phenoxy) is 1. The lowest BCUT2D eigenvalue weighted by Gasteiger charge is -2.33. The molecule has 42 heavy (non-hydrogen) atoms. The van der Waals surface area contributed by atoms with E-state index in [1.54, 1.807) is 31.2 Å². The van der Waals surface area contributed by atoms with Gasteiger partial charge in [-0.05, 0) is 37.3 Å². The molecule has 1 N–H and O–H groups in total. The number of hydrogen-bond donors (Lipinski definition) is 1. The van der Waals surface area contributed by atoms with Crippen molar-refractivity contribution in [1.82, 2.24) is 19.5 Å². The van der Waals surface area contributed by atoms with E-state index in [4.69, 9.17) is 0 Å². The van der Waals surface area contributed by atoms with Gasteiger partial charge in [0.1, 0.15) is 0 Å². The summed E-state index contributed by atoms with van der Waals surface area (Å²) in [6, 6.07) is 11.2. The molecule has 1 atom stereocenters. The SMILES string of the molecule is CCC(=O)OCON=[N+]([O-])N1CC[C@H]1C(=O)NS(=O)(=O)c1ccc(-n2nc(C(F)(F)F)cc2-c2ccc(C)cc2)cc1. The van der Waals surface area contributed by atoms with Gasteiger partial charge in [0, 0.05) is 18.4 Å². The second-order valence-corrected chi connectivity index (χ2v) is 10.8. The zero-order chi connectivity index (χ0) is 30.7. The molecule has 1 aromatic heterocycles. The molecular formula is C25H25F3N6O7S. The first kappa shape index (κ1) is 30.3. The molecule has 13 nitrogen and oxygen atoms in total. The molecule has 0 bridgehead atoms. The summed E-state index contributed by atoms with van der Waals surface area (Å²) in [5.41, 5.74) is 0.520. The molecule has 1 aliphatic heterocycles. The molecule has 2 aromatic carbocycles. The monoisotopic (exact) mass is 610 g/mol. The number of esters is 1. The molecule has 1 amide bonds. The topological polar surface area (TPSA) is 158 Å². The molecule has 0 aliphatic carbocycles. The lowest BCUT2D eigenvalue weighted by molar-refractivity contribution is -0.729. The Kier molecular flexibility index (Phi) is 8.70. The smallest absolute Gasteiger partial charge is 0.435 e. The number of sulfonamides is 1. The van der Waals surface area contributed by atoms with Crippen LogP contribution in [0.3, 0.4) is 0 Å². The Morgan fingerprint density at radius 3 is 2.40 bits per heavy atom. The van der Waals surface area contributed by atoms with Gasteiger partial charge in [-0.15, -0.1) is 5.01 Å². The van der Waals surface area contributed by atoms with Gasteiger partial charge < -0.3 is 14.8 Å². The molecule has 1 aliphatic rings. The lowest BCUT2D eigenvalue weighted by Crippen LogP contribution is -2.59. The van der Waals surface area contributed by atoms with Crippen molar-refractivity contribution in [2.45, 2.75) is 43.8 Å². The molecule has 0 radical (unpaired) electrons. The Hall–Kier alpha value is -4.67. The maximum Gasteiger partial charge on any atom is 0.435 e. The Labute approximate surface area is 237 Å². The first-order valence-corrected chi connectivity index (χ1v) is 13.9. The van der Waals surface area contributed by atoms with Crippen LogP contribution < -0.4 is 4.72 Å². The normalized spacial score (nSPS) is 15.6. The molecule has 2 heterocycles. The number of rotatable bonds is 10. The van der Waals surface area contributed by atoms with Gasteiger partial charge in [0.15, 0.2) is 11.7 Å². The maximum atomic E-state index is 13.5. The summed E-state index contributed by atoms with van der Waals surface area (Å²) >= 11 is 0. The van der Waals surface area contributed by atoms with E-state index in [0.717, 1.165) is 33.5 Å². The van der Waals surface area contributed by atoms with Gasteiger partial charge in [-0.3, -0.25) is 9.59 Å². The number of aromatic nitrogens is 2. The van der Waals surface area contributed by atoms with Crippen LogP contribution in [0.1, 0.15) is 31.0 Å². The highest BCUT2D eigenvalue weighted by Crippen LogP contribution is 2.33. The van der Waals surface area contributed by atoms with Gasteiger partial charge in [-0.25, -0.2) is 17.8 Å². The standard InChI is InChI=1S/C25H25F3N6O7S/c1-3-23(35)40-15-41-31-34(37)32-13-12-20(32)24(36)30-42(38,39)19-10-8-18(9-11-19)33-21(14-22(29-33)25(26,27)28)17-6-4-16(2)5-7-17/h4-11,14,20H,3,12-13,15H2,1-2H3,(H,30,36)/t20-/m0/s1. The predicted octanol–water partition coefficient (Wildman–Crippen LogP) is 3.47. The number of amides is 1. The fourth-order valence-corrected chi connectivity index (χ4v) is 4.84. The minimum Gasteiger partial charge on any atom is -0.569 e. The molecule has 0 spiro atoms. The minimum absolute atomic E-state index is 0.0557. The zero-order valence-electron chi connectivity index (χ0n) is 22.2. The van der Waals surface area contributed by atoms with E-state index < -0.39 is 46.6 Å². The molecule has 224 valence electrons. The Balaban J connectivity index is 1.48. The van der Waals surface area contributed by atoms with E-state index >= 15 is 0 Å². The van der Waals surface area contributed by atoms with Crippen molar-refractivity contribution in [3.63, 3.8) is 0 Å². The molecule has 1 saturated heterocycles. The number of alkyl halides is 3. The highest BCUT2D eigenvalue weighted by molar-refractivity contribution is 7.90. The summed E-state index contributed by atoms with van der Waals surface area (Å²) in [5, 5.41) is 19.8. The third-order valence-corrected chi connectivity index (χ3v) is 7.54. The van der Waals surface area contributed by atoms with Crippen molar-refractivity contribution in [2.24, 2.45) is 5.28 Å². The summed E-state index contributed by atoms with van der Waals surface area (Å²) in [7, 11) is -4.42. The van der Waals surface area contributed by atoms with Crippen LogP contribution in [-0.2, 0) is 35.4 Å². The molecule has 17 heteroatoms. The van der Waals surface area contributed by atoms with E-state index in [1.165, 1.54) is 12.1 Å². The summed E-state index contributed by atoms with van der Waals surface area (Å²) in [6.45, 7) is 2.84. The Morgan fingerprint density at radius 2 is 1.83 bits per heavy atom. The van der Waals surface area contributed by atoms with Crippen LogP contribution >= 0.6 is 0 Å². The van der Waals surface area contributed by atoms with Crippen molar-refractivity contribution in [2.75, 3.05) is 13.3 Å². The number of halogens is 3. The van der Waals surface area contributed by atoms with Gasteiger partial charge in [0.25, 0.3) is 22.7 Å². The van der Waals surface area contributed by atoms with E-state index in [9.17, 15) is 36.4 Å². The van der Waals surface area contributed by atoms with Crippen LogP contribution in [-0.4, -0.2) is 59.4 Å². The van der Waals surface area contributed by atoms with Crippen LogP contribution in [0.25, 0.3) is 16.9 Å². The fraction of sp³-hybridized carbons (Fsp3) is 0.320. The van der Waals surface area contributed by atoms with Crippen LogP contribution in [0.4, 0.5) is 13.2 Å². The van der Waals surface area contributed by atoms with Crippen LogP contribution in [0, 0.1) is 12.1 Å². The van der Waals surface area contributed by atoms with E-state index in [0.29, 0.717) is 5.56 Å². The van der Waals surface area contributed by atoms with Gasteiger partial charge >= 0.3 is 12.1 Å². The number of carbonyl (C=O) groups excluding carboxylic acids is 2. The molecular weight excluding hydrogens is 585 g/mol. The summed E-state index contributed by atoms with van der Waals surface area (Å²) in [6.07, 6.45) is -4.48. The number of hydrogen-bond acceptors (Lipinski definition) is 9. The highest BCUT2D eigenvalue weighted by Gasteiger charge is 2.42. The minimum atomic E-state index is -4.71. The molecule has 1 fully saturated rings. The maximum absolute atomic E-state index is 13.5. The number of nitrogens with zero attached hydrogens (tertiary/aromatic N) is 5. The predicted molar refractivity (Wildman–Crippen MR) is 138 cm³/mol. The third kappa shape index (κ3) is 6.79. The third-order valence-electron chi connectivity index (χ3n) is 6.18. The molecule has 0 unspecified atom stereocenters. The number of benzene rings is 2. The largest absolute Gasteiger partial charge is 0.569 e. The Bertz CT molecular complexity index is 1590. The van der Waals surface area contributed by atoms with Crippen molar-refractivity contribution in [3.8, 4) is 16.9 Å². The van der Waals surface area contributed by atoms with E-state index in [-0.39, 0.29) is 40.6 Å². The quantitative estimate of drug-likeness (QED) is 0.0906. The average Bonchev–Trinajstić information content (AvgIpc) is 3.37.